The number of amides is 2. The van der Waals surface area contributed by atoms with Gasteiger partial charge in [-0.1, -0.05) is 15.9 Å². The number of hydrogen-bond acceptors (Lipinski definition) is 4. The highest BCUT2D eigenvalue weighted by molar-refractivity contribution is 9.10. The number of likely N-dealkylation sites (N-methyl/N-ethyl adjacent to an activating group) is 1. The summed E-state index contributed by atoms with van der Waals surface area (Å²) in [7, 11) is -3.04. The standard InChI is InChI=1S/C15H19BrN2O4S/c1-2-18(15(20)11-3-5-12(16)6-4-11)9-14(19)17-13-7-8-23(21,22)10-13/h3-6,13H,2,7-10H2,1H3,(H,17,19)/t13-/m1/s1. The van der Waals surface area contributed by atoms with E-state index in [1.165, 1.54) is 4.90 Å². The van der Waals surface area contributed by atoms with Crippen LogP contribution in [0.1, 0.15) is 23.7 Å². The molecule has 1 atom stereocenters. The molecule has 6 nitrogen and oxygen atoms in total. The average Bonchev–Trinajstić information content (AvgIpc) is 2.83. The monoisotopic (exact) mass is 402 g/mol. The molecule has 1 heterocycles. The Labute approximate surface area is 144 Å². The number of rotatable bonds is 5. The average molecular weight is 403 g/mol. The molecule has 1 N–H and O–H groups in total. The van der Waals surface area contributed by atoms with E-state index in [0.717, 1.165) is 4.47 Å². The number of benzene rings is 1. The third-order valence-corrected chi connectivity index (χ3v) is 5.99. The fourth-order valence-corrected chi connectivity index (χ4v) is 4.40. The Balaban J connectivity index is 1.94. The van der Waals surface area contributed by atoms with Crippen molar-refractivity contribution >= 4 is 37.6 Å². The maximum atomic E-state index is 12.4. The molecule has 126 valence electrons. The Morgan fingerprint density at radius 2 is 1.96 bits per heavy atom. The molecule has 8 heteroatoms. The molecule has 0 saturated carbocycles. The minimum absolute atomic E-state index is 0.0223. The molecular weight excluding hydrogens is 384 g/mol. The SMILES string of the molecule is CCN(CC(=O)N[C@@H]1CCS(=O)(=O)C1)C(=O)c1ccc(Br)cc1. The van der Waals surface area contributed by atoms with Gasteiger partial charge in [-0.2, -0.15) is 0 Å². The van der Waals surface area contributed by atoms with Crippen molar-refractivity contribution in [1.82, 2.24) is 10.2 Å². The van der Waals surface area contributed by atoms with E-state index in [1.54, 1.807) is 31.2 Å². The van der Waals surface area contributed by atoms with Gasteiger partial charge in [-0.15, -0.1) is 0 Å². The van der Waals surface area contributed by atoms with E-state index < -0.39 is 9.84 Å². The summed E-state index contributed by atoms with van der Waals surface area (Å²) in [5, 5.41) is 2.70. The second kappa shape index (κ2) is 7.44. The minimum atomic E-state index is -3.04. The number of nitrogens with one attached hydrogen (secondary N) is 1. The van der Waals surface area contributed by atoms with Crippen LogP contribution in [0.25, 0.3) is 0 Å². The molecular formula is C15H19BrN2O4S. The van der Waals surface area contributed by atoms with E-state index in [2.05, 4.69) is 21.2 Å². The Kier molecular flexibility index (Phi) is 5.80. The number of sulfone groups is 1. The van der Waals surface area contributed by atoms with Gasteiger partial charge in [0.1, 0.15) is 0 Å². The van der Waals surface area contributed by atoms with Crippen LogP contribution in [-0.2, 0) is 14.6 Å². The molecule has 23 heavy (non-hydrogen) atoms. The Hall–Kier alpha value is -1.41. The summed E-state index contributed by atoms with van der Waals surface area (Å²) in [6.07, 6.45) is 0.431. The second-order valence-electron chi connectivity index (χ2n) is 5.49. The molecule has 1 saturated heterocycles. The highest BCUT2D eigenvalue weighted by Crippen LogP contribution is 2.13. The van der Waals surface area contributed by atoms with Gasteiger partial charge in [-0.25, -0.2) is 8.42 Å². The van der Waals surface area contributed by atoms with Crippen molar-refractivity contribution in [2.75, 3.05) is 24.6 Å². The molecule has 0 aromatic heterocycles. The van der Waals surface area contributed by atoms with Crippen molar-refractivity contribution in [2.45, 2.75) is 19.4 Å². The summed E-state index contributed by atoms with van der Waals surface area (Å²) in [6, 6.07) is 6.57. The smallest absolute Gasteiger partial charge is 0.254 e. The van der Waals surface area contributed by atoms with Gasteiger partial charge in [0.05, 0.1) is 18.1 Å². The third kappa shape index (κ3) is 5.04. The molecule has 1 aromatic rings. The van der Waals surface area contributed by atoms with Gasteiger partial charge < -0.3 is 10.2 Å². The fraction of sp³-hybridized carbons (Fsp3) is 0.467. The van der Waals surface area contributed by atoms with Crippen LogP contribution in [0.2, 0.25) is 0 Å². The third-order valence-electron chi connectivity index (χ3n) is 3.69. The first kappa shape index (κ1) is 17.9. The second-order valence-corrected chi connectivity index (χ2v) is 8.64. The highest BCUT2D eigenvalue weighted by atomic mass is 79.9. The van der Waals surface area contributed by atoms with Crippen molar-refractivity contribution < 1.29 is 18.0 Å². The Morgan fingerprint density at radius 1 is 1.30 bits per heavy atom. The van der Waals surface area contributed by atoms with E-state index in [0.29, 0.717) is 18.5 Å². The molecule has 0 aliphatic carbocycles. The molecule has 2 rings (SSSR count). The van der Waals surface area contributed by atoms with E-state index >= 15 is 0 Å². The van der Waals surface area contributed by atoms with Gasteiger partial charge in [0.2, 0.25) is 5.91 Å². The van der Waals surface area contributed by atoms with Gasteiger partial charge >= 0.3 is 0 Å². The Bertz CT molecular complexity index is 688. The lowest BCUT2D eigenvalue weighted by Crippen LogP contribution is -2.44. The largest absolute Gasteiger partial charge is 0.351 e. The number of nitrogens with zero attached hydrogens (tertiary/aromatic N) is 1. The minimum Gasteiger partial charge on any atom is -0.351 e. The van der Waals surface area contributed by atoms with Crippen molar-refractivity contribution in [3.8, 4) is 0 Å². The number of hydrogen-bond donors (Lipinski definition) is 1. The lowest BCUT2D eigenvalue weighted by atomic mass is 10.2. The molecule has 0 unspecified atom stereocenters. The number of carbonyl (C=O) groups excluding carboxylic acids is 2. The van der Waals surface area contributed by atoms with Crippen molar-refractivity contribution in [1.29, 1.82) is 0 Å². The maximum Gasteiger partial charge on any atom is 0.254 e. The summed E-state index contributed by atoms with van der Waals surface area (Å²) in [5.74, 6) is -0.479. The topological polar surface area (TPSA) is 83.6 Å². The zero-order chi connectivity index (χ0) is 17.0. The van der Waals surface area contributed by atoms with Gasteiger partial charge in [0.15, 0.2) is 9.84 Å². The predicted octanol–water partition coefficient (Wildman–Crippen LogP) is 1.21. The first-order chi connectivity index (χ1) is 10.8. The van der Waals surface area contributed by atoms with Crippen LogP contribution in [0.15, 0.2) is 28.7 Å². The lowest BCUT2D eigenvalue weighted by molar-refractivity contribution is -0.122. The van der Waals surface area contributed by atoms with E-state index in [-0.39, 0.29) is 35.9 Å². The van der Waals surface area contributed by atoms with E-state index in [9.17, 15) is 18.0 Å². The Morgan fingerprint density at radius 3 is 2.48 bits per heavy atom. The van der Waals surface area contributed by atoms with Gasteiger partial charge in [-0.05, 0) is 37.6 Å². The van der Waals surface area contributed by atoms with E-state index in [4.69, 9.17) is 0 Å². The molecule has 0 bridgehead atoms. The van der Waals surface area contributed by atoms with Crippen molar-refractivity contribution in [3.05, 3.63) is 34.3 Å². The van der Waals surface area contributed by atoms with Crippen LogP contribution < -0.4 is 5.32 Å². The lowest BCUT2D eigenvalue weighted by Gasteiger charge is -2.21. The van der Waals surface area contributed by atoms with Crippen molar-refractivity contribution in [3.63, 3.8) is 0 Å². The maximum absolute atomic E-state index is 12.4. The molecule has 0 radical (unpaired) electrons. The summed E-state index contributed by atoms with van der Waals surface area (Å²) in [6.45, 7) is 2.11. The van der Waals surface area contributed by atoms with Crippen LogP contribution in [0.3, 0.4) is 0 Å². The van der Waals surface area contributed by atoms with Crippen LogP contribution in [0.5, 0.6) is 0 Å². The van der Waals surface area contributed by atoms with Crippen LogP contribution >= 0.6 is 15.9 Å². The molecule has 1 aliphatic rings. The molecule has 0 spiro atoms. The fourth-order valence-electron chi connectivity index (χ4n) is 2.46. The van der Waals surface area contributed by atoms with Gasteiger partial charge in [0.25, 0.3) is 5.91 Å². The van der Waals surface area contributed by atoms with Crippen LogP contribution in [0.4, 0.5) is 0 Å². The van der Waals surface area contributed by atoms with Crippen LogP contribution in [-0.4, -0.2) is 55.8 Å². The summed E-state index contributed by atoms with van der Waals surface area (Å²) < 4.78 is 23.7. The predicted molar refractivity (Wildman–Crippen MR) is 90.9 cm³/mol. The molecule has 1 aliphatic heterocycles. The number of carbonyl (C=O) groups is 2. The van der Waals surface area contributed by atoms with Gasteiger partial charge in [-0.3, -0.25) is 9.59 Å². The summed E-state index contributed by atoms with van der Waals surface area (Å²) in [5.41, 5.74) is 0.506. The van der Waals surface area contributed by atoms with Crippen LogP contribution in [0, 0.1) is 0 Å². The first-order valence-corrected chi connectivity index (χ1v) is 9.97. The summed E-state index contributed by atoms with van der Waals surface area (Å²) in [4.78, 5) is 25.9. The summed E-state index contributed by atoms with van der Waals surface area (Å²) >= 11 is 3.31. The number of halogens is 1. The molecule has 1 fully saturated rings. The van der Waals surface area contributed by atoms with E-state index in [1.807, 2.05) is 0 Å². The normalized spacial score (nSPS) is 19.3. The molecule has 1 aromatic carbocycles. The quantitative estimate of drug-likeness (QED) is 0.802. The molecule has 2 amide bonds. The zero-order valence-electron chi connectivity index (χ0n) is 12.8. The first-order valence-electron chi connectivity index (χ1n) is 7.35. The van der Waals surface area contributed by atoms with Gasteiger partial charge in [0, 0.05) is 22.6 Å². The van der Waals surface area contributed by atoms with Crippen molar-refractivity contribution in [2.24, 2.45) is 0 Å². The zero-order valence-corrected chi connectivity index (χ0v) is 15.2. The highest BCUT2D eigenvalue weighted by Gasteiger charge is 2.29.